The van der Waals surface area contributed by atoms with Crippen molar-refractivity contribution in [2.45, 2.75) is 39.3 Å². The normalized spacial score (nSPS) is 14.9. The van der Waals surface area contributed by atoms with Crippen LogP contribution in [-0.4, -0.2) is 38.4 Å². The van der Waals surface area contributed by atoms with Gasteiger partial charge in [0.1, 0.15) is 6.10 Å². The number of carbonyl (C=O) groups excluding carboxylic acids is 1. The van der Waals surface area contributed by atoms with Gasteiger partial charge >= 0.3 is 5.97 Å². The number of carbonyl (C=O) groups is 1. The Bertz CT molecular complexity index is 161. The van der Waals surface area contributed by atoms with Gasteiger partial charge in [-0.1, -0.05) is 6.92 Å². The number of hydrogen-bond acceptors (Lipinski definition) is 4. The molecule has 0 aliphatic carbocycles. The lowest BCUT2D eigenvalue weighted by Gasteiger charge is -2.14. The van der Waals surface area contributed by atoms with Crippen LogP contribution in [0.4, 0.5) is 0 Å². The summed E-state index contributed by atoms with van der Waals surface area (Å²) in [6.45, 7) is 6.62. The second-order valence-electron chi connectivity index (χ2n) is 3.45. The second kappa shape index (κ2) is 7.76. The minimum atomic E-state index is -0.227. The average molecular weight is 203 g/mol. The van der Waals surface area contributed by atoms with Crippen molar-refractivity contribution >= 4 is 5.97 Å². The van der Waals surface area contributed by atoms with E-state index in [9.17, 15) is 4.79 Å². The van der Waals surface area contributed by atoms with Gasteiger partial charge in [-0.25, -0.2) is 0 Å². The molecule has 0 fully saturated rings. The zero-order valence-electron chi connectivity index (χ0n) is 9.50. The number of methoxy groups -OCH3 is 1. The minimum Gasteiger partial charge on any atom is -0.459 e. The number of rotatable bonds is 7. The summed E-state index contributed by atoms with van der Waals surface area (Å²) in [4.78, 5) is 11.2. The van der Waals surface area contributed by atoms with Crippen LogP contribution in [0.25, 0.3) is 0 Å². The van der Waals surface area contributed by atoms with Crippen LogP contribution < -0.4 is 5.32 Å². The molecule has 0 radical (unpaired) electrons. The third-order valence-electron chi connectivity index (χ3n) is 1.94. The van der Waals surface area contributed by atoms with Crippen molar-refractivity contribution in [3.8, 4) is 0 Å². The van der Waals surface area contributed by atoms with Gasteiger partial charge in [-0.15, -0.1) is 0 Å². The summed E-state index contributed by atoms with van der Waals surface area (Å²) in [7, 11) is 1.59. The maximum atomic E-state index is 11.2. The van der Waals surface area contributed by atoms with Crippen LogP contribution in [-0.2, 0) is 14.3 Å². The molecule has 2 unspecified atom stereocenters. The Morgan fingerprint density at radius 2 is 2.07 bits per heavy atom. The summed E-state index contributed by atoms with van der Waals surface area (Å²) in [5.74, 6) is -0.227. The standard InChI is InChI=1S/C10H21NO3/c1-5-8(2)11-6-10(12)14-9(3)7-13-4/h8-9,11H,5-7H2,1-4H3. The topological polar surface area (TPSA) is 47.6 Å². The second-order valence-corrected chi connectivity index (χ2v) is 3.45. The van der Waals surface area contributed by atoms with E-state index in [2.05, 4.69) is 12.2 Å². The van der Waals surface area contributed by atoms with E-state index >= 15 is 0 Å². The Balaban J connectivity index is 3.54. The zero-order valence-corrected chi connectivity index (χ0v) is 9.50. The van der Waals surface area contributed by atoms with Crippen LogP contribution in [0.15, 0.2) is 0 Å². The number of nitrogens with one attached hydrogen (secondary N) is 1. The Labute approximate surface area is 86.0 Å². The molecule has 0 aromatic carbocycles. The van der Waals surface area contributed by atoms with Gasteiger partial charge in [-0.05, 0) is 20.3 Å². The van der Waals surface area contributed by atoms with Crippen LogP contribution in [0.1, 0.15) is 27.2 Å². The van der Waals surface area contributed by atoms with Gasteiger partial charge in [-0.3, -0.25) is 4.79 Å². The molecule has 0 bridgehead atoms. The first-order valence-electron chi connectivity index (χ1n) is 5.01. The van der Waals surface area contributed by atoms with Crippen LogP contribution in [0.5, 0.6) is 0 Å². The van der Waals surface area contributed by atoms with E-state index in [-0.39, 0.29) is 18.6 Å². The van der Waals surface area contributed by atoms with E-state index < -0.39 is 0 Å². The van der Waals surface area contributed by atoms with E-state index in [4.69, 9.17) is 9.47 Å². The zero-order chi connectivity index (χ0) is 11.0. The molecule has 0 aromatic rings. The monoisotopic (exact) mass is 203 g/mol. The lowest BCUT2D eigenvalue weighted by atomic mass is 10.3. The highest BCUT2D eigenvalue weighted by molar-refractivity contribution is 5.71. The van der Waals surface area contributed by atoms with Gasteiger partial charge in [0.05, 0.1) is 13.2 Å². The molecule has 0 aliphatic heterocycles. The van der Waals surface area contributed by atoms with Gasteiger partial charge in [0.15, 0.2) is 0 Å². The van der Waals surface area contributed by atoms with Crippen LogP contribution in [0.3, 0.4) is 0 Å². The van der Waals surface area contributed by atoms with Gasteiger partial charge in [0.2, 0.25) is 0 Å². The average Bonchev–Trinajstić information content (AvgIpc) is 2.14. The maximum absolute atomic E-state index is 11.2. The third-order valence-corrected chi connectivity index (χ3v) is 1.94. The summed E-state index contributed by atoms with van der Waals surface area (Å²) in [5.41, 5.74) is 0. The molecule has 14 heavy (non-hydrogen) atoms. The third kappa shape index (κ3) is 6.86. The van der Waals surface area contributed by atoms with Crippen molar-refractivity contribution in [3.63, 3.8) is 0 Å². The van der Waals surface area contributed by atoms with Gasteiger partial charge in [-0.2, -0.15) is 0 Å². The Morgan fingerprint density at radius 1 is 1.43 bits per heavy atom. The number of esters is 1. The Kier molecular flexibility index (Phi) is 7.42. The molecule has 0 rings (SSSR count). The van der Waals surface area contributed by atoms with Crippen LogP contribution >= 0.6 is 0 Å². The molecule has 84 valence electrons. The largest absolute Gasteiger partial charge is 0.459 e. The highest BCUT2D eigenvalue weighted by Gasteiger charge is 2.09. The Hall–Kier alpha value is -0.610. The van der Waals surface area contributed by atoms with Gasteiger partial charge in [0, 0.05) is 13.2 Å². The summed E-state index contributed by atoms with van der Waals surface area (Å²) in [6.07, 6.45) is 0.826. The SMILES string of the molecule is CCC(C)NCC(=O)OC(C)COC. The van der Waals surface area contributed by atoms with E-state index in [0.29, 0.717) is 12.6 Å². The summed E-state index contributed by atoms with van der Waals surface area (Å²) >= 11 is 0. The fourth-order valence-corrected chi connectivity index (χ4v) is 0.937. The first-order valence-corrected chi connectivity index (χ1v) is 5.01. The summed E-state index contributed by atoms with van der Waals surface area (Å²) in [5, 5.41) is 3.06. The molecule has 0 spiro atoms. The molecule has 0 amide bonds. The number of hydrogen-bond donors (Lipinski definition) is 1. The van der Waals surface area contributed by atoms with E-state index in [0.717, 1.165) is 6.42 Å². The van der Waals surface area contributed by atoms with Crippen LogP contribution in [0, 0.1) is 0 Å². The molecule has 4 heteroatoms. The molecular formula is C10H21NO3. The lowest BCUT2D eigenvalue weighted by Crippen LogP contribution is -2.33. The first kappa shape index (κ1) is 13.4. The van der Waals surface area contributed by atoms with Gasteiger partial charge < -0.3 is 14.8 Å². The molecule has 2 atom stereocenters. The maximum Gasteiger partial charge on any atom is 0.320 e. The van der Waals surface area contributed by atoms with Crippen LogP contribution in [0.2, 0.25) is 0 Å². The van der Waals surface area contributed by atoms with Crippen molar-refractivity contribution in [2.24, 2.45) is 0 Å². The Morgan fingerprint density at radius 3 is 2.57 bits per heavy atom. The van der Waals surface area contributed by atoms with Gasteiger partial charge in [0.25, 0.3) is 0 Å². The lowest BCUT2D eigenvalue weighted by molar-refractivity contribution is -0.149. The fourth-order valence-electron chi connectivity index (χ4n) is 0.937. The quantitative estimate of drug-likeness (QED) is 0.626. The minimum absolute atomic E-state index is 0.175. The van der Waals surface area contributed by atoms with E-state index in [1.165, 1.54) is 0 Å². The van der Waals surface area contributed by atoms with Crippen molar-refractivity contribution in [2.75, 3.05) is 20.3 Å². The van der Waals surface area contributed by atoms with E-state index in [1.54, 1.807) is 7.11 Å². The van der Waals surface area contributed by atoms with Crippen molar-refractivity contribution < 1.29 is 14.3 Å². The molecule has 4 nitrogen and oxygen atoms in total. The summed E-state index contributed by atoms with van der Waals surface area (Å²) < 4.78 is 9.91. The predicted molar refractivity (Wildman–Crippen MR) is 55.2 cm³/mol. The molecular weight excluding hydrogens is 182 g/mol. The molecule has 0 heterocycles. The smallest absolute Gasteiger partial charge is 0.320 e. The highest BCUT2D eigenvalue weighted by Crippen LogP contribution is 1.92. The van der Waals surface area contributed by atoms with Crippen molar-refractivity contribution in [1.82, 2.24) is 5.32 Å². The predicted octanol–water partition coefficient (Wildman–Crippen LogP) is 0.953. The van der Waals surface area contributed by atoms with Crippen molar-refractivity contribution in [3.05, 3.63) is 0 Å². The number of ether oxygens (including phenoxy) is 2. The molecule has 0 aliphatic rings. The molecule has 0 aromatic heterocycles. The molecule has 1 N–H and O–H groups in total. The first-order chi connectivity index (χ1) is 6.60. The summed E-state index contributed by atoms with van der Waals surface area (Å²) in [6, 6.07) is 0.347. The van der Waals surface area contributed by atoms with E-state index in [1.807, 2.05) is 13.8 Å². The molecule has 0 saturated carbocycles. The fraction of sp³-hybridized carbons (Fsp3) is 0.900. The highest BCUT2D eigenvalue weighted by atomic mass is 16.6. The molecule has 0 saturated heterocycles. The van der Waals surface area contributed by atoms with Crippen molar-refractivity contribution in [1.29, 1.82) is 0 Å².